The van der Waals surface area contributed by atoms with E-state index >= 15 is 4.39 Å². The van der Waals surface area contributed by atoms with Gasteiger partial charge in [-0.15, -0.1) is 0 Å². The summed E-state index contributed by atoms with van der Waals surface area (Å²) in [5.74, 6) is 0.184. The first-order valence-electron chi connectivity index (χ1n) is 11.4. The fraction of sp³-hybridized carbons (Fsp3) is 0.440. The number of hydrogen-bond donors (Lipinski definition) is 3. The Morgan fingerprint density at radius 1 is 1.18 bits per heavy atom. The van der Waals surface area contributed by atoms with E-state index in [1.165, 1.54) is 6.20 Å². The van der Waals surface area contributed by atoms with E-state index in [4.69, 9.17) is 0 Å². The Hall–Kier alpha value is -2.45. The third-order valence-corrected chi connectivity index (χ3v) is 7.07. The Morgan fingerprint density at radius 2 is 1.91 bits per heavy atom. The van der Waals surface area contributed by atoms with Gasteiger partial charge in [-0.1, -0.05) is 15.9 Å². The zero-order valence-corrected chi connectivity index (χ0v) is 21.1. The second kappa shape index (κ2) is 9.81. The molecule has 1 aliphatic rings. The molecular formula is C25H31BrFN5O. The Kier molecular flexibility index (Phi) is 7.05. The van der Waals surface area contributed by atoms with Crippen molar-refractivity contribution in [1.82, 2.24) is 14.9 Å². The summed E-state index contributed by atoms with van der Waals surface area (Å²) in [6.45, 7) is 4.08. The number of aromatic nitrogens is 2. The normalized spacial score (nSPS) is 18.6. The van der Waals surface area contributed by atoms with Crippen molar-refractivity contribution in [3.63, 3.8) is 0 Å². The molecule has 6 nitrogen and oxygen atoms in total. The van der Waals surface area contributed by atoms with Gasteiger partial charge < -0.3 is 20.5 Å². The minimum Gasteiger partial charge on any atom is -0.382 e. The van der Waals surface area contributed by atoms with Crippen molar-refractivity contribution < 1.29 is 4.39 Å². The third-order valence-electron chi connectivity index (χ3n) is 6.62. The van der Waals surface area contributed by atoms with E-state index in [1.807, 2.05) is 32.0 Å². The van der Waals surface area contributed by atoms with E-state index in [2.05, 4.69) is 55.5 Å². The predicted octanol–water partition coefficient (Wildman–Crippen LogP) is 5.34. The lowest BCUT2D eigenvalue weighted by Crippen LogP contribution is -2.36. The molecule has 0 spiro atoms. The number of pyridine rings is 2. The third kappa shape index (κ3) is 5.22. The van der Waals surface area contributed by atoms with Crippen molar-refractivity contribution in [2.75, 3.05) is 24.7 Å². The van der Waals surface area contributed by atoms with Gasteiger partial charge in [0.05, 0.1) is 6.20 Å². The molecule has 0 bridgehead atoms. The van der Waals surface area contributed by atoms with E-state index in [9.17, 15) is 4.79 Å². The average Bonchev–Trinajstić information content (AvgIpc) is 2.74. The largest absolute Gasteiger partial charge is 0.382 e. The molecule has 1 aromatic carbocycles. The van der Waals surface area contributed by atoms with Crippen molar-refractivity contribution >= 4 is 38.2 Å². The van der Waals surface area contributed by atoms with Crippen LogP contribution < -0.4 is 16.2 Å². The molecule has 176 valence electrons. The summed E-state index contributed by atoms with van der Waals surface area (Å²) in [6.07, 6.45) is 5.59. The van der Waals surface area contributed by atoms with E-state index in [0.29, 0.717) is 40.8 Å². The van der Waals surface area contributed by atoms with Gasteiger partial charge in [0.1, 0.15) is 5.82 Å². The number of aryl methyl sites for hydroxylation is 2. The van der Waals surface area contributed by atoms with Crippen molar-refractivity contribution in [3.8, 4) is 0 Å². The Labute approximate surface area is 202 Å². The molecule has 33 heavy (non-hydrogen) atoms. The Balaban J connectivity index is 1.62. The fourth-order valence-corrected chi connectivity index (χ4v) is 5.25. The summed E-state index contributed by atoms with van der Waals surface area (Å²) in [4.78, 5) is 21.8. The summed E-state index contributed by atoms with van der Waals surface area (Å²) >= 11 is 3.58. The van der Waals surface area contributed by atoms with Crippen LogP contribution in [0.1, 0.15) is 42.5 Å². The number of H-pyrrole nitrogens is 1. The SMILES string of the molecule is Cc1cc(C)c(CNc2ncc(F)c3c(NC4CCC(N(C)C)CC4)cc(Br)cc23)c(=O)[nH]1. The molecule has 0 radical (unpaired) electrons. The number of anilines is 2. The minimum atomic E-state index is -0.364. The highest BCUT2D eigenvalue weighted by molar-refractivity contribution is 9.10. The van der Waals surface area contributed by atoms with Crippen LogP contribution in [-0.2, 0) is 6.54 Å². The van der Waals surface area contributed by atoms with Crippen molar-refractivity contribution in [3.05, 3.63) is 61.9 Å². The molecule has 0 unspecified atom stereocenters. The molecule has 1 fully saturated rings. The lowest BCUT2D eigenvalue weighted by Gasteiger charge is -2.33. The summed E-state index contributed by atoms with van der Waals surface area (Å²) in [7, 11) is 4.26. The van der Waals surface area contributed by atoms with Gasteiger partial charge in [0.25, 0.3) is 5.56 Å². The van der Waals surface area contributed by atoms with Crippen LogP contribution in [0.15, 0.2) is 33.7 Å². The quantitative estimate of drug-likeness (QED) is 0.413. The van der Waals surface area contributed by atoms with Crippen LogP contribution in [0.25, 0.3) is 10.8 Å². The monoisotopic (exact) mass is 515 g/mol. The maximum Gasteiger partial charge on any atom is 0.253 e. The number of nitrogens with one attached hydrogen (secondary N) is 3. The van der Waals surface area contributed by atoms with Gasteiger partial charge in [0.2, 0.25) is 0 Å². The van der Waals surface area contributed by atoms with Crippen LogP contribution in [0.2, 0.25) is 0 Å². The number of nitrogens with zero attached hydrogens (tertiary/aromatic N) is 2. The molecule has 2 heterocycles. The molecule has 2 aromatic heterocycles. The Morgan fingerprint density at radius 3 is 2.58 bits per heavy atom. The fourth-order valence-electron chi connectivity index (χ4n) is 4.79. The maximum atomic E-state index is 15.0. The van der Waals surface area contributed by atoms with Gasteiger partial charge >= 0.3 is 0 Å². The van der Waals surface area contributed by atoms with Crippen LogP contribution in [0.5, 0.6) is 0 Å². The molecule has 0 atom stereocenters. The van der Waals surface area contributed by atoms with E-state index in [1.54, 1.807) is 0 Å². The van der Waals surface area contributed by atoms with Gasteiger partial charge in [0, 0.05) is 50.8 Å². The van der Waals surface area contributed by atoms with E-state index in [-0.39, 0.29) is 11.4 Å². The van der Waals surface area contributed by atoms with Crippen molar-refractivity contribution in [1.29, 1.82) is 0 Å². The number of benzene rings is 1. The summed E-state index contributed by atoms with van der Waals surface area (Å²) in [5.41, 5.74) is 3.02. The summed E-state index contributed by atoms with van der Waals surface area (Å²) in [6, 6.07) is 6.65. The number of rotatable bonds is 6. The molecule has 0 aliphatic heterocycles. The zero-order chi connectivity index (χ0) is 23.7. The Bertz CT molecular complexity index is 1220. The summed E-state index contributed by atoms with van der Waals surface area (Å²) < 4.78 is 15.9. The smallest absolute Gasteiger partial charge is 0.253 e. The predicted molar refractivity (Wildman–Crippen MR) is 137 cm³/mol. The van der Waals surface area contributed by atoms with Crippen molar-refractivity contribution in [2.45, 2.75) is 58.2 Å². The van der Waals surface area contributed by atoms with Crippen LogP contribution in [-0.4, -0.2) is 41.0 Å². The molecule has 3 aromatic rings. The standard InChI is InChI=1S/C25H31BrFN5O/c1-14-9-15(2)30-25(33)20(14)12-28-24-19-10-16(26)11-22(23(19)21(27)13-29-24)31-17-5-7-18(8-6-17)32(3)4/h9-11,13,17-18,31H,5-8,12H2,1-4H3,(H,28,29)(H,30,33). The topological polar surface area (TPSA) is 73.1 Å². The zero-order valence-electron chi connectivity index (χ0n) is 19.6. The summed E-state index contributed by atoms with van der Waals surface area (Å²) in [5, 5.41) is 8.04. The molecular weight excluding hydrogens is 485 g/mol. The number of hydrogen-bond acceptors (Lipinski definition) is 5. The molecule has 0 amide bonds. The average molecular weight is 516 g/mol. The number of aromatic amines is 1. The molecule has 3 N–H and O–H groups in total. The first-order chi connectivity index (χ1) is 15.7. The van der Waals surface area contributed by atoms with Gasteiger partial charge in [-0.3, -0.25) is 4.79 Å². The highest BCUT2D eigenvalue weighted by atomic mass is 79.9. The highest BCUT2D eigenvalue weighted by Gasteiger charge is 2.23. The molecule has 1 aliphatic carbocycles. The maximum absolute atomic E-state index is 15.0. The highest BCUT2D eigenvalue weighted by Crippen LogP contribution is 2.35. The first-order valence-corrected chi connectivity index (χ1v) is 12.2. The van der Waals surface area contributed by atoms with Gasteiger partial charge in [-0.25, -0.2) is 9.37 Å². The van der Waals surface area contributed by atoms with Gasteiger partial charge in [-0.2, -0.15) is 0 Å². The molecule has 8 heteroatoms. The van der Waals surface area contributed by atoms with Crippen LogP contribution >= 0.6 is 15.9 Å². The van der Waals surface area contributed by atoms with Crippen LogP contribution in [0.3, 0.4) is 0 Å². The molecule has 1 saturated carbocycles. The second-order valence-corrected chi connectivity index (χ2v) is 10.2. The molecule has 4 rings (SSSR count). The van der Waals surface area contributed by atoms with Crippen LogP contribution in [0.4, 0.5) is 15.9 Å². The number of halogens is 2. The lowest BCUT2D eigenvalue weighted by molar-refractivity contribution is 0.221. The second-order valence-electron chi connectivity index (χ2n) is 9.24. The van der Waals surface area contributed by atoms with Crippen molar-refractivity contribution in [2.24, 2.45) is 0 Å². The first kappa shape index (κ1) is 23.7. The minimum absolute atomic E-state index is 0.122. The number of fused-ring (bicyclic) bond motifs is 1. The molecule has 0 saturated heterocycles. The van der Waals surface area contributed by atoms with E-state index in [0.717, 1.165) is 47.1 Å². The van der Waals surface area contributed by atoms with E-state index < -0.39 is 0 Å². The van der Waals surface area contributed by atoms with Gasteiger partial charge in [-0.05, 0) is 77.4 Å². The lowest BCUT2D eigenvalue weighted by atomic mass is 9.90. The van der Waals surface area contributed by atoms with Gasteiger partial charge in [0.15, 0.2) is 5.82 Å². The van der Waals surface area contributed by atoms with Crippen LogP contribution in [0, 0.1) is 19.7 Å².